The fraction of sp³-hybridized carbons (Fsp3) is 0.944. The van der Waals surface area contributed by atoms with Crippen molar-refractivity contribution in [3.63, 3.8) is 0 Å². The van der Waals surface area contributed by atoms with Gasteiger partial charge in [0.05, 0.1) is 26.4 Å². The lowest BCUT2D eigenvalue weighted by atomic mass is 10.00. The largest absolute Gasteiger partial charge is 0.472 e. The van der Waals surface area contributed by atoms with E-state index in [0.29, 0.717) is 31.6 Å². The van der Waals surface area contributed by atoms with Crippen molar-refractivity contribution in [3.8, 4) is 0 Å². The molecule has 0 aliphatic rings. The Morgan fingerprint density at radius 1 is 0.308 bits per heavy atom. The third kappa shape index (κ3) is 65.1. The van der Waals surface area contributed by atoms with Crippen LogP contribution in [0.3, 0.4) is 0 Å². The van der Waals surface area contributed by atoms with Gasteiger partial charge in [0, 0.05) is 25.7 Å². The van der Waals surface area contributed by atoms with Crippen molar-refractivity contribution in [1.82, 2.24) is 0 Å². The average Bonchev–Trinajstić information content (AvgIpc) is 3.68. The molecule has 19 heteroatoms. The summed E-state index contributed by atoms with van der Waals surface area (Å²) in [6.45, 7) is 14.1. The molecule has 0 aromatic heterocycles. The van der Waals surface area contributed by atoms with Crippen molar-refractivity contribution in [2.45, 2.75) is 375 Å². The van der Waals surface area contributed by atoms with Gasteiger partial charge in [0.2, 0.25) is 0 Å². The Bertz CT molecular complexity index is 1800. The number of unbranched alkanes of at least 4 members (excludes halogenated alkanes) is 34. The minimum absolute atomic E-state index is 0.102. The fourth-order valence-electron chi connectivity index (χ4n) is 10.8. The van der Waals surface area contributed by atoms with E-state index in [1.165, 1.54) is 154 Å². The number of carbonyl (C=O) groups excluding carboxylic acids is 4. The fourth-order valence-corrected chi connectivity index (χ4v) is 12.4. The molecular formula is C72H140O17P2. The molecular weight excluding hydrogens is 1200 g/mol. The summed E-state index contributed by atoms with van der Waals surface area (Å²) in [6, 6.07) is 0. The molecule has 0 spiro atoms. The standard InChI is InChI=1S/C72H140O17P2/c1-9-65(8)51-43-35-30-31-39-47-55-72(77)89-68(59-83-70(75)53-45-37-29-23-26-34-42-50-64(6)7)61-87-91(80,81)85-57-66(73)56-84-90(78,79)86-60-67(88-71(76)54-46-38-28-22-18-20-25-33-41-49-63(4)5)58-82-69(74)52-44-36-27-21-17-15-13-11-10-12-14-16-19-24-32-40-48-62(2)3/h62-68,73H,9-61H2,1-8H3,(H,78,79)(H,80,81)/t65?,66?,67-,68-/m1/s1. The van der Waals surface area contributed by atoms with E-state index in [0.717, 1.165) is 114 Å². The highest BCUT2D eigenvalue weighted by Crippen LogP contribution is 2.45. The van der Waals surface area contributed by atoms with Crippen LogP contribution in [0.15, 0.2) is 0 Å². The molecule has 0 fully saturated rings. The second-order valence-electron chi connectivity index (χ2n) is 27.6. The van der Waals surface area contributed by atoms with Gasteiger partial charge >= 0.3 is 39.5 Å². The van der Waals surface area contributed by atoms with Gasteiger partial charge in [-0.05, 0) is 49.4 Å². The number of aliphatic hydroxyl groups is 1. The molecule has 6 atom stereocenters. The highest BCUT2D eigenvalue weighted by molar-refractivity contribution is 7.47. The lowest BCUT2D eigenvalue weighted by Gasteiger charge is -2.21. The van der Waals surface area contributed by atoms with Crippen LogP contribution in [0, 0.1) is 23.7 Å². The van der Waals surface area contributed by atoms with Crippen LogP contribution in [0.2, 0.25) is 0 Å². The van der Waals surface area contributed by atoms with Crippen molar-refractivity contribution in [1.29, 1.82) is 0 Å². The maximum atomic E-state index is 13.0. The molecule has 540 valence electrons. The van der Waals surface area contributed by atoms with Crippen LogP contribution in [0.5, 0.6) is 0 Å². The van der Waals surface area contributed by atoms with E-state index >= 15 is 0 Å². The summed E-state index contributed by atoms with van der Waals surface area (Å²) >= 11 is 0. The molecule has 3 N–H and O–H groups in total. The van der Waals surface area contributed by atoms with Gasteiger partial charge in [-0.3, -0.25) is 37.3 Å². The minimum Gasteiger partial charge on any atom is -0.462 e. The molecule has 0 aliphatic carbocycles. The summed E-state index contributed by atoms with van der Waals surface area (Å²) in [4.78, 5) is 72.6. The molecule has 0 saturated carbocycles. The van der Waals surface area contributed by atoms with E-state index in [4.69, 9.17) is 37.0 Å². The maximum absolute atomic E-state index is 13.0. The smallest absolute Gasteiger partial charge is 0.462 e. The maximum Gasteiger partial charge on any atom is 0.472 e. The summed E-state index contributed by atoms with van der Waals surface area (Å²) < 4.78 is 68.3. The lowest BCUT2D eigenvalue weighted by Crippen LogP contribution is -2.30. The summed E-state index contributed by atoms with van der Waals surface area (Å²) in [5, 5.41) is 10.6. The van der Waals surface area contributed by atoms with E-state index in [1.54, 1.807) is 0 Å². The molecule has 0 saturated heterocycles. The minimum atomic E-state index is -4.95. The van der Waals surface area contributed by atoms with Gasteiger partial charge < -0.3 is 33.8 Å². The zero-order valence-electron chi connectivity index (χ0n) is 59.5. The van der Waals surface area contributed by atoms with Crippen LogP contribution in [-0.4, -0.2) is 96.7 Å². The number of hydrogen-bond donors (Lipinski definition) is 3. The van der Waals surface area contributed by atoms with Crippen LogP contribution in [0.4, 0.5) is 0 Å². The quantitative estimate of drug-likeness (QED) is 0.0222. The number of esters is 4. The lowest BCUT2D eigenvalue weighted by molar-refractivity contribution is -0.161. The molecule has 4 unspecified atom stereocenters. The molecule has 0 radical (unpaired) electrons. The van der Waals surface area contributed by atoms with Crippen LogP contribution in [-0.2, 0) is 65.4 Å². The van der Waals surface area contributed by atoms with Crippen LogP contribution >= 0.6 is 15.6 Å². The molecule has 0 amide bonds. The first kappa shape index (κ1) is 89.1. The summed E-state index contributed by atoms with van der Waals surface area (Å²) in [5.74, 6) is 0.843. The first-order valence-electron chi connectivity index (χ1n) is 37.2. The van der Waals surface area contributed by atoms with Crippen molar-refractivity contribution in [2.24, 2.45) is 23.7 Å². The molecule has 17 nitrogen and oxygen atoms in total. The molecule has 0 heterocycles. The average molecular weight is 1340 g/mol. The van der Waals surface area contributed by atoms with Crippen LogP contribution in [0.25, 0.3) is 0 Å². The van der Waals surface area contributed by atoms with Crippen molar-refractivity contribution >= 4 is 39.5 Å². The van der Waals surface area contributed by atoms with Gasteiger partial charge in [-0.1, -0.05) is 306 Å². The predicted molar refractivity (Wildman–Crippen MR) is 367 cm³/mol. The van der Waals surface area contributed by atoms with E-state index in [2.05, 4.69) is 55.4 Å². The Morgan fingerprint density at radius 2 is 0.527 bits per heavy atom. The van der Waals surface area contributed by atoms with Crippen molar-refractivity contribution in [3.05, 3.63) is 0 Å². The number of phosphoric ester groups is 2. The number of rotatable bonds is 69. The molecule has 0 aromatic rings. The number of phosphoric acid groups is 2. The van der Waals surface area contributed by atoms with Gasteiger partial charge in [-0.25, -0.2) is 9.13 Å². The summed E-state index contributed by atoms with van der Waals surface area (Å²) in [5.41, 5.74) is 0. The second kappa shape index (κ2) is 61.6. The van der Waals surface area contributed by atoms with Gasteiger partial charge in [0.1, 0.15) is 19.3 Å². The predicted octanol–water partition coefficient (Wildman–Crippen LogP) is 20.5. The molecule has 0 bridgehead atoms. The van der Waals surface area contributed by atoms with Gasteiger partial charge in [-0.2, -0.15) is 0 Å². The Morgan fingerprint density at radius 3 is 0.780 bits per heavy atom. The Hall–Kier alpha value is -1.94. The third-order valence-corrected chi connectivity index (χ3v) is 18.8. The van der Waals surface area contributed by atoms with Crippen molar-refractivity contribution in [2.75, 3.05) is 39.6 Å². The zero-order valence-corrected chi connectivity index (χ0v) is 61.3. The zero-order chi connectivity index (χ0) is 67.5. The van der Waals surface area contributed by atoms with E-state index < -0.39 is 97.5 Å². The number of hydrogen-bond acceptors (Lipinski definition) is 15. The number of aliphatic hydroxyl groups excluding tert-OH is 1. The van der Waals surface area contributed by atoms with Crippen molar-refractivity contribution < 1.29 is 80.2 Å². The van der Waals surface area contributed by atoms with E-state index in [1.807, 2.05) is 0 Å². The highest BCUT2D eigenvalue weighted by Gasteiger charge is 2.30. The summed E-state index contributed by atoms with van der Waals surface area (Å²) in [7, 11) is -9.90. The Kier molecular flexibility index (Phi) is 60.3. The monoisotopic (exact) mass is 1340 g/mol. The van der Waals surface area contributed by atoms with Gasteiger partial charge in [-0.15, -0.1) is 0 Å². The van der Waals surface area contributed by atoms with Crippen LogP contribution < -0.4 is 0 Å². The van der Waals surface area contributed by atoms with Crippen LogP contribution in [0.1, 0.15) is 357 Å². The molecule has 0 aromatic carbocycles. The Balaban J connectivity index is 5.19. The van der Waals surface area contributed by atoms with E-state index in [9.17, 15) is 43.2 Å². The van der Waals surface area contributed by atoms with E-state index in [-0.39, 0.29) is 25.7 Å². The first-order valence-corrected chi connectivity index (χ1v) is 40.2. The second-order valence-corrected chi connectivity index (χ2v) is 30.6. The normalized spacial score (nSPS) is 14.5. The third-order valence-electron chi connectivity index (χ3n) is 16.9. The SMILES string of the molecule is CCC(C)CCCCCCCCC(=O)O[C@H](COC(=O)CCCCCCCCCC(C)C)COP(=O)(O)OCC(O)COP(=O)(O)OC[C@@H](COC(=O)CCCCCCCCCCCCCCCCCCC(C)C)OC(=O)CCCCCCCCCCCC(C)C. The summed E-state index contributed by atoms with van der Waals surface area (Å²) in [6.07, 6.45) is 44.7. The topological polar surface area (TPSA) is 237 Å². The molecule has 0 rings (SSSR count). The highest BCUT2D eigenvalue weighted by atomic mass is 31.2. The van der Waals surface area contributed by atoms with Gasteiger partial charge in [0.25, 0.3) is 0 Å². The molecule has 0 aliphatic heterocycles. The molecule has 91 heavy (non-hydrogen) atoms. The number of ether oxygens (including phenoxy) is 4. The Labute approximate surface area is 556 Å². The first-order chi connectivity index (χ1) is 43.6. The van der Waals surface area contributed by atoms with Gasteiger partial charge in [0.15, 0.2) is 12.2 Å². The number of carbonyl (C=O) groups is 4.